The summed E-state index contributed by atoms with van der Waals surface area (Å²) >= 11 is 0. The lowest BCUT2D eigenvalue weighted by Gasteiger charge is -2.45. The highest BCUT2D eigenvalue weighted by Crippen LogP contribution is 2.43. The van der Waals surface area contributed by atoms with Crippen LogP contribution in [0.2, 0.25) is 0 Å². The van der Waals surface area contributed by atoms with Crippen LogP contribution in [0.1, 0.15) is 31.7 Å². The van der Waals surface area contributed by atoms with Gasteiger partial charge < -0.3 is 44.5 Å². The Balaban J connectivity index is 0.00000968. The molecule has 1 aromatic rings. The first-order valence-electron chi connectivity index (χ1n) is 13.1. The van der Waals surface area contributed by atoms with Crippen molar-refractivity contribution in [3.8, 4) is 5.75 Å². The van der Waals surface area contributed by atoms with Gasteiger partial charge in [-0.3, -0.25) is 29.3 Å². The van der Waals surface area contributed by atoms with Gasteiger partial charge in [0.15, 0.2) is 5.75 Å². The Morgan fingerprint density at radius 3 is 2.14 bits per heavy atom. The van der Waals surface area contributed by atoms with Crippen LogP contribution in [0.5, 0.6) is 5.75 Å². The molecule has 1 aliphatic rings. The van der Waals surface area contributed by atoms with Crippen LogP contribution in [0, 0.1) is 27.9 Å². The van der Waals surface area contributed by atoms with Crippen molar-refractivity contribution in [2.24, 2.45) is 17.8 Å². The van der Waals surface area contributed by atoms with Crippen molar-refractivity contribution >= 4 is 48.1 Å². The van der Waals surface area contributed by atoms with Crippen LogP contribution in [0.3, 0.4) is 0 Å². The third kappa shape index (κ3) is 11.5. The molecule has 246 valence electrons. The zero-order chi connectivity index (χ0) is 32.3. The van der Waals surface area contributed by atoms with E-state index in [2.05, 4.69) is 5.32 Å². The van der Waals surface area contributed by atoms with Gasteiger partial charge in [0.05, 0.1) is 23.9 Å². The quantitative estimate of drug-likeness (QED) is 0.113. The van der Waals surface area contributed by atoms with Crippen molar-refractivity contribution in [3.05, 3.63) is 33.9 Å². The van der Waals surface area contributed by atoms with Gasteiger partial charge in [-0.2, -0.15) is 0 Å². The number of halogens is 1. The van der Waals surface area contributed by atoms with E-state index in [1.165, 1.54) is 24.1 Å². The van der Waals surface area contributed by atoms with Crippen LogP contribution >= 0.6 is 12.4 Å². The predicted octanol–water partition coefficient (Wildman–Crippen LogP) is 1.74. The van der Waals surface area contributed by atoms with E-state index >= 15 is 0 Å². The van der Waals surface area contributed by atoms with Crippen LogP contribution in [0.15, 0.2) is 18.2 Å². The number of carbonyl (C=O) groups is 5. The molecule has 0 unspecified atom stereocenters. The molecule has 0 radical (unpaired) electrons. The molecule has 4 N–H and O–H groups in total. The average molecular weight is 650 g/mol. The van der Waals surface area contributed by atoms with Crippen LogP contribution in [0.25, 0.3) is 0 Å². The number of hydrogen-bond acceptors (Lipinski definition) is 12. The van der Waals surface area contributed by atoms with Crippen molar-refractivity contribution in [1.82, 2.24) is 10.2 Å². The van der Waals surface area contributed by atoms with Gasteiger partial charge in [0, 0.05) is 51.4 Å². The molecule has 2 rings (SSSR count). The molecule has 1 aliphatic heterocycles. The second kappa shape index (κ2) is 17.8. The van der Waals surface area contributed by atoms with Crippen LogP contribution in [-0.4, -0.2) is 101 Å². The van der Waals surface area contributed by atoms with Crippen molar-refractivity contribution < 1.29 is 63.2 Å². The molecular weight excluding hydrogens is 614 g/mol. The monoisotopic (exact) mass is 649 g/mol. The average Bonchev–Trinajstić information content (AvgIpc) is 2.92. The van der Waals surface area contributed by atoms with E-state index in [0.29, 0.717) is 13.1 Å². The van der Waals surface area contributed by atoms with Crippen molar-refractivity contribution in [2.75, 3.05) is 33.8 Å². The molecule has 5 atom stereocenters. The molecule has 18 heteroatoms. The SMILES string of the molecule is CNCCN(C)C(=O)OCc1ccc(O[C@@H]2O[C@@H](COC(C)=O)[C@@H](CC(=O)O)[C@H](CC(=O)O)[C@H]2CC(=O)O)c([N+](=O)[O-])c1.Cl. The molecule has 44 heavy (non-hydrogen) atoms. The van der Waals surface area contributed by atoms with E-state index in [9.17, 15) is 49.4 Å². The van der Waals surface area contributed by atoms with Gasteiger partial charge in [-0.25, -0.2) is 4.79 Å². The molecule has 0 aromatic heterocycles. The van der Waals surface area contributed by atoms with Gasteiger partial charge in [0.2, 0.25) is 6.29 Å². The molecule has 0 spiro atoms. The summed E-state index contributed by atoms with van der Waals surface area (Å²) in [6.07, 6.45) is -5.53. The van der Waals surface area contributed by atoms with Gasteiger partial charge >= 0.3 is 35.7 Å². The molecule has 17 nitrogen and oxygen atoms in total. The minimum absolute atomic E-state index is 0. The highest BCUT2D eigenvalue weighted by Gasteiger charge is 2.49. The van der Waals surface area contributed by atoms with Crippen molar-refractivity contribution in [1.29, 1.82) is 0 Å². The fourth-order valence-corrected chi connectivity index (χ4v) is 4.73. The normalized spacial score (nSPS) is 20.8. The Morgan fingerprint density at radius 2 is 1.59 bits per heavy atom. The number of carboxylic acid groups (broad SMARTS) is 3. The number of hydrogen-bond donors (Lipinski definition) is 4. The minimum Gasteiger partial charge on any atom is -0.481 e. The number of nitrogens with zero attached hydrogens (tertiary/aromatic N) is 2. The van der Waals surface area contributed by atoms with Crippen LogP contribution in [-0.2, 0) is 40.0 Å². The maximum atomic E-state index is 12.2. The zero-order valence-corrected chi connectivity index (χ0v) is 25.0. The first kappa shape index (κ1) is 37.8. The Hall–Kier alpha value is -4.22. The van der Waals surface area contributed by atoms with Gasteiger partial charge in [-0.05, 0) is 24.6 Å². The van der Waals surface area contributed by atoms with Crippen molar-refractivity contribution in [3.63, 3.8) is 0 Å². The Kier molecular flexibility index (Phi) is 15.3. The van der Waals surface area contributed by atoms with Crippen molar-refractivity contribution in [2.45, 2.75) is 45.2 Å². The fourth-order valence-electron chi connectivity index (χ4n) is 4.73. The molecule has 1 fully saturated rings. The molecule has 1 saturated heterocycles. The number of carbonyl (C=O) groups excluding carboxylic acids is 2. The Morgan fingerprint density at radius 1 is 1.00 bits per heavy atom. The number of likely N-dealkylation sites (N-methyl/N-ethyl adjacent to an activating group) is 2. The largest absolute Gasteiger partial charge is 0.481 e. The number of nitrogens with one attached hydrogen (secondary N) is 1. The summed E-state index contributed by atoms with van der Waals surface area (Å²) < 4.78 is 21.8. The summed E-state index contributed by atoms with van der Waals surface area (Å²) in [4.78, 5) is 71.3. The molecule has 1 aromatic carbocycles. The van der Waals surface area contributed by atoms with Gasteiger partial charge in [-0.15, -0.1) is 12.4 Å². The third-order valence-electron chi connectivity index (χ3n) is 6.75. The summed E-state index contributed by atoms with van der Waals surface area (Å²) in [5.41, 5.74) is -0.354. The number of esters is 1. The summed E-state index contributed by atoms with van der Waals surface area (Å²) in [6, 6.07) is 3.64. The summed E-state index contributed by atoms with van der Waals surface area (Å²) in [5.74, 6) is -8.69. The van der Waals surface area contributed by atoms with Crippen LogP contribution < -0.4 is 10.1 Å². The summed E-state index contributed by atoms with van der Waals surface area (Å²) in [5, 5.41) is 43.4. The Bertz CT molecular complexity index is 1200. The highest BCUT2D eigenvalue weighted by atomic mass is 35.5. The lowest BCUT2D eigenvalue weighted by atomic mass is 9.71. The van der Waals surface area contributed by atoms with Gasteiger partial charge in [-0.1, -0.05) is 6.07 Å². The number of amides is 1. The zero-order valence-electron chi connectivity index (χ0n) is 24.2. The molecular formula is C26H36ClN3O14. The number of ether oxygens (including phenoxy) is 4. The lowest BCUT2D eigenvalue weighted by Crippen LogP contribution is -2.53. The fraction of sp³-hybridized carbons (Fsp3) is 0.577. The first-order valence-corrected chi connectivity index (χ1v) is 13.1. The number of rotatable bonds is 16. The molecule has 0 saturated carbocycles. The minimum atomic E-state index is -1.60. The Labute approximate surface area is 257 Å². The van der Waals surface area contributed by atoms with Gasteiger partial charge in [0.25, 0.3) is 0 Å². The molecule has 0 aliphatic carbocycles. The molecule has 1 amide bonds. The van der Waals surface area contributed by atoms with Crippen LogP contribution in [0.4, 0.5) is 10.5 Å². The highest BCUT2D eigenvalue weighted by molar-refractivity contribution is 5.85. The smallest absolute Gasteiger partial charge is 0.409 e. The van der Waals surface area contributed by atoms with E-state index < -0.39 is 96.6 Å². The maximum Gasteiger partial charge on any atom is 0.409 e. The third-order valence-corrected chi connectivity index (χ3v) is 6.75. The van der Waals surface area contributed by atoms with E-state index in [1.807, 2.05) is 0 Å². The summed E-state index contributed by atoms with van der Waals surface area (Å²) in [7, 11) is 3.23. The first-order chi connectivity index (χ1) is 20.2. The number of aliphatic carboxylic acids is 3. The number of benzene rings is 1. The molecule has 0 bridgehead atoms. The standard InChI is InChI=1S/C26H35N3O14.ClH/c1-14(30)40-13-21-17(10-23(33)34)16(9-22(31)32)18(11-24(35)36)25(43-21)42-20-5-4-15(8-19(20)29(38)39)12-41-26(37)28(3)7-6-27-2;/h4-5,8,16-18,21,25,27H,6-7,9-13H2,1-3H3,(H,31,32)(H,33,34)(H,35,36);1H/t16-,17-,18+,21-,25+;/m0./s1. The lowest BCUT2D eigenvalue weighted by molar-refractivity contribution is -0.387. The van der Waals surface area contributed by atoms with E-state index in [1.54, 1.807) is 7.05 Å². The topological polar surface area (TPSA) is 241 Å². The predicted molar refractivity (Wildman–Crippen MR) is 150 cm³/mol. The molecule has 1 heterocycles. The number of nitro benzene ring substituents is 1. The second-order valence-corrected chi connectivity index (χ2v) is 9.89. The summed E-state index contributed by atoms with van der Waals surface area (Å²) in [6.45, 7) is 1.15. The number of nitro groups is 1. The van der Waals surface area contributed by atoms with E-state index in [-0.39, 0.29) is 30.3 Å². The van der Waals surface area contributed by atoms with Gasteiger partial charge in [0.1, 0.15) is 13.2 Å². The second-order valence-electron chi connectivity index (χ2n) is 9.89. The maximum absolute atomic E-state index is 12.2. The van der Waals surface area contributed by atoms with E-state index in [4.69, 9.17) is 18.9 Å². The number of carboxylic acids is 3. The van der Waals surface area contributed by atoms with E-state index in [0.717, 1.165) is 13.0 Å².